The van der Waals surface area contributed by atoms with Crippen LogP contribution in [-0.4, -0.2) is 192 Å². The van der Waals surface area contributed by atoms with Crippen LogP contribution in [0.15, 0.2) is 146 Å². The molecule has 0 atom stereocenters. The molecule has 3 aromatic carbocycles. The Morgan fingerprint density at radius 3 is 1.06 bits per heavy atom. The predicted octanol–water partition coefficient (Wildman–Crippen LogP) is 12.0. The number of piperidine rings is 3. The van der Waals surface area contributed by atoms with Crippen molar-refractivity contribution in [1.82, 2.24) is 44.6 Å². The topological polar surface area (TPSA) is 318 Å². The second-order valence-electron chi connectivity index (χ2n) is 24.3. The zero-order chi connectivity index (χ0) is 72.5. The minimum absolute atomic E-state index is 0. The molecule has 3 aliphatic heterocycles. The molecule has 26 heteroatoms. The number of nitrogens with one attached hydrogen (secondary N) is 4. The van der Waals surface area contributed by atoms with Gasteiger partial charge in [-0.3, -0.25) is 33.7 Å². The van der Waals surface area contributed by atoms with Gasteiger partial charge in [-0.1, -0.05) is 35.2 Å². The van der Waals surface area contributed by atoms with Crippen molar-refractivity contribution in [2.45, 2.75) is 96.3 Å². The summed E-state index contributed by atoms with van der Waals surface area (Å²) in [5.74, 6) is 3.82. The summed E-state index contributed by atoms with van der Waals surface area (Å²) in [6, 6.07) is 34.4. The van der Waals surface area contributed by atoms with E-state index in [0.717, 1.165) is 142 Å². The van der Waals surface area contributed by atoms with E-state index in [-0.39, 0.29) is 67.8 Å². The number of aromatic hydroxyl groups is 1. The van der Waals surface area contributed by atoms with E-state index < -0.39 is 25.1 Å². The molecule has 0 aliphatic carbocycles. The number of pyridine rings is 6. The molecular weight excluding hydrogens is 1380 g/mol. The third kappa shape index (κ3) is 28.5. The number of hydrogen-bond acceptors (Lipinski definition) is 19. The Morgan fingerprint density at radius 1 is 0.490 bits per heavy atom. The summed E-state index contributed by atoms with van der Waals surface area (Å²) < 4.78 is 26.5. The van der Waals surface area contributed by atoms with Crippen molar-refractivity contribution in [3.63, 3.8) is 0 Å². The maximum absolute atomic E-state index is 10.6. The number of fused-ring (bicyclic) bond motifs is 3. The Bertz CT molecular complexity index is 3770. The van der Waals surface area contributed by atoms with Gasteiger partial charge in [0.05, 0.1) is 74.6 Å². The predicted molar refractivity (Wildman–Crippen MR) is 401 cm³/mol. The van der Waals surface area contributed by atoms with E-state index in [0.29, 0.717) is 16.8 Å². The number of ether oxygens (including phenoxy) is 2. The molecule has 540 valence electrons. The van der Waals surface area contributed by atoms with Crippen LogP contribution in [0.4, 0.5) is 21.5 Å². The fourth-order valence-electron chi connectivity index (χ4n) is 11.9. The molecule has 0 spiro atoms. The van der Waals surface area contributed by atoms with Crippen LogP contribution in [0.2, 0.25) is 0 Å². The van der Waals surface area contributed by atoms with Crippen LogP contribution in [-0.2, 0) is 14.4 Å². The number of nitrogens with zero attached hydrogens (tertiary/aromatic N) is 9. The third-order valence-corrected chi connectivity index (χ3v) is 17.4. The van der Waals surface area contributed by atoms with Gasteiger partial charge in [-0.15, -0.1) is 0 Å². The van der Waals surface area contributed by atoms with Crippen LogP contribution in [0.25, 0.3) is 72.4 Å². The van der Waals surface area contributed by atoms with Crippen molar-refractivity contribution in [2.24, 2.45) is 0 Å². The minimum Gasteiger partial charge on any atom is -0.553 e. The van der Waals surface area contributed by atoms with Crippen LogP contribution in [0, 0.1) is 0 Å². The van der Waals surface area contributed by atoms with E-state index in [4.69, 9.17) is 52.2 Å². The van der Waals surface area contributed by atoms with Crippen LogP contribution in [0.5, 0.6) is 17.2 Å². The number of carboxylic acid groups (broad SMARTS) is 3. The average molecular weight is 1470 g/mol. The molecule has 3 saturated heterocycles. The number of benzene rings is 3. The Balaban J connectivity index is 0.000000226. The zero-order valence-corrected chi connectivity index (χ0v) is 61.9. The summed E-state index contributed by atoms with van der Waals surface area (Å²) in [7, 11) is -1.00. The second kappa shape index (κ2) is 47.1. The van der Waals surface area contributed by atoms with Gasteiger partial charge in [0.1, 0.15) is 17.2 Å². The summed E-state index contributed by atoms with van der Waals surface area (Å²) in [5, 5.41) is 55.6. The molecular formula is C76H96BrFN13NaO10. The maximum Gasteiger partial charge on any atom is 1.00 e. The maximum atomic E-state index is 10.6. The number of halogens is 2. The Kier molecular flexibility index (Phi) is 37.4. The smallest absolute Gasteiger partial charge is 0.553 e. The van der Waals surface area contributed by atoms with Crippen LogP contribution in [0.1, 0.15) is 97.7 Å². The third-order valence-electron chi connectivity index (χ3n) is 17.0. The number of aliphatic carboxylic acids is 3. The summed E-state index contributed by atoms with van der Waals surface area (Å²) in [6.07, 6.45) is 26.4. The van der Waals surface area contributed by atoms with E-state index in [1.807, 2.05) is 97.5 Å². The SMILES string of the molecule is O=C(O)CCBr.O=C(O)CCOc1ccc(-c2cc(NCCCN3CCCCC3)c3cnccc3n2)cc1.O=C(O)CCOc1ccc(-c2cc(NCCCN3CCCCC3)c3cnccc3n2)cc1.Oc1ccc(-c2cc(NCCCN3CCCCC3)c3cnccc3n2)cc1.[2H]CF.[NH-]O.[Na+]. The van der Waals surface area contributed by atoms with Gasteiger partial charge in [-0.25, -0.2) is 15.0 Å². The van der Waals surface area contributed by atoms with Gasteiger partial charge in [0.15, 0.2) is 0 Å². The molecule has 6 aromatic heterocycles. The summed E-state index contributed by atoms with van der Waals surface area (Å²) in [5.41, 5.74) is 11.5. The van der Waals surface area contributed by atoms with Crippen LogP contribution < -0.4 is 55.0 Å². The largest absolute Gasteiger partial charge is 1.00 e. The van der Waals surface area contributed by atoms with Gasteiger partial charge in [-0.2, -0.15) is 0 Å². The van der Waals surface area contributed by atoms with E-state index in [1.54, 1.807) is 30.7 Å². The fourth-order valence-corrected chi connectivity index (χ4v) is 12.2. The molecule has 9 heterocycles. The Morgan fingerprint density at radius 2 is 0.784 bits per heavy atom. The zero-order valence-electron chi connectivity index (χ0n) is 59.3. The first-order valence-corrected chi connectivity index (χ1v) is 35.7. The number of carbonyl (C=O) groups is 3. The minimum atomic E-state index is -1.00. The quantitative estimate of drug-likeness (QED) is 0.00977. The van der Waals surface area contributed by atoms with E-state index in [2.05, 4.69) is 79.7 Å². The number of carboxylic acids is 3. The van der Waals surface area contributed by atoms with Crippen molar-refractivity contribution in [3.05, 3.63) is 152 Å². The fraction of sp³-hybridized carbons (Fsp3) is 0.408. The van der Waals surface area contributed by atoms with Gasteiger partial charge >= 0.3 is 47.5 Å². The molecule has 0 saturated carbocycles. The van der Waals surface area contributed by atoms with E-state index in [1.165, 1.54) is 97.1 Å². The van der Waals surface area contributed by atoms with E-state index in [9.17, 15) is 23.9 Å². The summed E-state index contributed by atoms with van der Waals surface area (Å²) in [6.45, 7) is 13.8. The molecule has 102 heavy (non-hydrogen) atoms. The molecule has 3 fully saturated rings. The molecule has 0 radical (unpaired) electrons. The normalized spacial score (nSPS) is 13.7. The van der Waals surface area contributed by atoms with Gasteiger partial charge in [0.2, 0.25) is 0 Å². The number of phenols is 1. The number of hydrogen-bond donors (Lipinski definition) is 8. The molecule has 9 aromatic rings. The van der Waals surface area contributed by atoms with Crippen LogP contribution in [0.3, 0.4) is 0 Å². The monoisotopic (exact) mass is 1470 g/mol. The molecule has 12 rings (SSSR count). The molecule has 23 nitrogen and oxygen atoms in total. The molecule has 0 unspecified atom stereocenters. The number of likely N-dealkylation sites (tertiary alicyclic amines) is 3. The molecule has 0 amide bonds. The first-order chi connectivity index (χ1) is 49.9. The number of aromatic nitrogens is 6. The van der Waals surface area contributed by atoms with E-state index >= 15 is 0 Å². The number of alkyl halides is 2. The number of phenolic OH excluding ortho intramolecular Hbond substituents is 1. The average Bonchev–Trinajstić information content (AvgIpc) is 0.813. The first-order valence-electron chi connectivity index (χ1n) is 35.2. The standard InChI is InChI=1S/2C25H30N4O3.C22H26N4O.C3H5BrO2.CH3F.H2NO.Na/c2*30-25(31)10-16-32-20-7-5-19(6-8-20)23-17-24(21-18-26-12-9-22(21)28-23)27-11-4-15-29-13-2-1-3-14-29;27-18-7-5-17(6-8-18)21-15-22(19-16-23-11-9-20(19)25-21)24-10-4-14-26-12-2-1-3-13-26;4-2-1-3(5)6;2*1-2;/h2*5-9,12,17-18H,1-4,10-11,13-16H2,(H,27,28)(H,30,31);5-9,11,15-16,27H,1-4,10,12-14H2,(H,24,25);1-2H2,(H,5,6);1H3;1-2H;/q;;;;;-1;+1/i;;;;1D;;. The molecule has 3 aliphatic rings. The Labute approximate surface area is 628 Å². The molecule has 9 N–H and O–H groups in total. The summed E-state index contributed by atoms with van der Waals surface area (Å²) >= 11 is 2.97. The van der Waals surface area contributed by atoms with Crippen molar-refractivity contribution in [3.8, 4) is 51.0 Å². The van der Waals surface area contributed by atoms with Gasteiger partial charge in [0, 0.05) is 112 Å². The van der Waals surface area contributed by atoms with Crippen molar-refractivity contribution in [1.29, 1.82) is 0 Å². The van der Waals surface area contributed by atoms with Crippen molar-refractivity contribution >= 4 is 83.6 Å². The molecule has 0 bridgehead atoms. The van der Waals surface area contributed by atoms with Gasteiger partial charge in [0.25, 0.3) is 0 Å². The Hall–Kier alpha value is -8.24. The number of anilines is 3. The van der Waals surface area contributed by atoms with Crippen molar-refractivity contribution in [2.75, 3.05) is 120 Å². The van der Waals surface area contributed by atoms with Gasteiger partial charge in [-0.05, 0) is 226 Å². The second-order valence-corrected chi connectivity index (χ2v) is 25.1. The van der Waals surface area contributed by atoms with Gasteiger partial charge < -0.3 is 71.7 Å². The van der Waals surface area contributed by atoms with Crippen LogP contribution >= 0.6 is 15.9 Å². The van der Waals surface area contributed by atoms with Crippen molar-refractivity contribution < 1.29 is 84.8 Å². The number of rotatable bonds is 28. The summed E-state index contributed by atoms with van der Waals surface area (Å²) in [4.78, 5) is 65.8. The first kappa shape index (κ1) is 81.1.